The fraction of sp³-hybridized carbons (Fsp3) is 0.0526. The minimum Gasteiger partial charge on any atom is -0.420 e. The summed E-state index contributed by atoms with van der Waals surface area (Å²) in [6.45, 7) is 0. The smallest absolute Gasteiger partial charge is 0.247 e. The number of hydrogen-bond donors (Lipinski definition) is 0. The van der Waals surface area contributed by atoms with Crippen LogP contribution >= 0.6 is 0 Å². The van der Waals surface area contributed by atoms with Crippen molar-refractivity contribution in [3.05, 3.63) is 84.0 Å². The predicted molar refractivity (Wildman–Crippen MR) is 86.4 cm³/mol. The van der Waals surface area contributed by atoms with E-state index in [0.717, 1.165) is 5.56 Å². The average Bonchev–Trinajstić information content (AvgIpc) is 3.04. The molecule has 0 spiro atoms. The molecule has 0 atom stereocenters. The summed E-state index contributed by atoms with van der Waals surface area (Å²) in [6.07, 6.45) is 0.545. The Balaban J connectivity index is 1.67. The third kappa shape index (κ3) is 2.71. The summed E-state index contributed by atoms with van der Waals surface area (Å²) in [7, 11) is 0. The highest BCUT2D eigenvalue weighted by Crippen LogP contribution is 2.23. The first-order valence-electron chi connectivity index (χ1n) is 7.34. The van der Waals surface area contributed by atoms with Gasteiger partial charge in [-0.3, -0.25) is 0 Å². The van der Waals surface area contributed by atoms with Gasteiger partial charge in [-0.25, -0.2) is 4.39 Å². The van der Waals surface area contributed by atoms with Gasteiger partial charge in [-0.2, -0.15) is 0 Å². The molecule has 112 valence electrons. The number of rotatable bonds is 3. The Hall–Kier alpha value is -3.01. The molecule has 3 nitrogen and oxygen atoms in total. The topological polar surface area (TPSA) is 38.9 Å². The standard InChI is InChI=1S/C19H13FN2O/c20-16-9-4-8-15(11-16)19-22-21-18(23-19)12-14-7-3-6-13-5-1-2-10-17(13)14/h1-11H,12H2. The number of halogens is 1. The second-order valence-electron chi connectivity index (χ2n) is 5.33. The number of hydrogen-bond acceptors (Lipinski definition) is 3. The number of benzene rings is 3. The summed E-state index contributed by atoms with van der Waals surface area (Å²) >= 11 is 0. The van der Waals surface area contributed by atoms with Gasteiger partial charge in [0.25, 0.3) is 0 Å². The molecule has 3 aromatic carbocycles. The van der Waals surface area contributed by atoms with Crippen LogP contribution in [-0.2, 0) is 6.42 Å². The van der Waals surface area contributed by atoms with Crippen molar-refractivity contribution in [1.29, 1.82) is 0 Å². The van der Waals surface area contributed by atoms with Gasteiger partial charge in [0.15, 0.2) is 0 Å². The first kappa shape index (κ1) is 13.6. The van der Waals surface area contributed by atoms with E-state index in [1.807, 2.05) is 24.3 Å². The lowest BCUT2D eigenvalue weighted by Gasteiger charge is -2.03. The summed E-state index contributed by atoms with van der Waals surface area (Å²) in [6, 6.07) is 20.5. The van der Waals surface area contributed by atoms with E-state index in [2.05, 4.69) is 28.4 Å². The molecule has 0 bridgehead atoms. The molecule has 0 aliphatic rings. The van der Waals surface area contributed by atoms with E-state index in [0.29, 0.717) is 23.8 Å². The van der Waals surface area contributed by atoms with Crippen molar-refractivity contribution < 1.29 is 8.81 Å². The largest absolute Gasteiger partial charge is 0.420 e. The Morgan fingerprint density at radius 1 is 0.870 bits per heavy atom. The Bertz CT molecular complexity index is 972. The fourth-order valence-corrected chi connectivity index (χ4v) is 2.67. The monoisotopic (exact) mass is 304 g/mol. The van der Waals surface area contributed by atoms with Crippen molar-refractivity contribution >= 4 is 10.8 Å². The van der Waals surface area contributed by atoms with Crippen molar-refractivity contribution in [1.82, 2.24) is 10.2 Å². The Labute approximate surface area is 132 Å². The van der Waals surface area contributed by atoms with Gasteiger partial charge in [-0.05, 0) is 34.5 Å². The summed E-state index contributed by atoms with van der Waals surface area (Å²) in [4.78, 5) is 0. The quantitative estimate of drug-likeness (QED) is 0.554. The maximum atomic E-state index is 13.3. The van der Waals surface area contributed by atoms with Gasteiger partial charge in [0.1, 0.15) is 5.82 Å². The summed E-state index contributed by atoms with van der Waals surface area (Å²) in [5, 5.41) is 10.4. The van der Waals surface area contributed by atoms with Gasteiger partial charge in [0, 0.05) is 5.56 Å². The molecule has 1 aromatic heterocycles. The van der Waals surface area contributed by atoms with Crippen molar-refractivity contribution in [2.24, 2.45) is 0 Å². The minimum atomic E-state index is -0.323. The Morgan fingerprint density at radius 3 is 2.61 bits per heavy atom. The highest BCUT2D eigenvalue weighted by Gasteiger charge is 2.11. The third-order valence-corrected chi connectivity index (χ3v) is 3.76. The van der Waals surface area contributed by atoms with Crippen molar-refractivity contribution in [2.75, 3.05) is 0 Å². The van der Waals surface area contributed by atoms with Crippen LogP contribution in [-0.4, -0.2) is 10.2 Å². The first-order chi connectivity index (χ1) is 11.3. The number of nitrogens with zero attached hydrogens (tertiary/aromatic N) is 2. The SMILES string of the molecule is Fc1cccc(-c2nnc(Cc3cccc4ccccc34)o2)c1. The molecule has 0 radical (unpaired) electrons. The van der Waals surface area contributed by atoms with E-state index >= 15 is 0 Å². The van der Waals surface area contributed by atoms with E-state index in [1.165, 1.54) is 22.9 Å². The second-order valence-corrected chi connectivity index (χ2v) is 5.33. The molecule has 1 heterocycles. The molecule has 23 heavy (non-hydrogen) atoms. The lowest BCUT2D eigenvalue weighted by molar-refractivity contribution is 0.518. The van der Waals surface area contributed by atoms with Crippen LogP contribution in [0.15, 0.2) is 71.1 Å². The summed E-state index contributed by atoms with van der Waals surface area (Å²) in [5.41, 5.74) is 1.71. The van der Waals surface area contributed by atoms with Crippen molar-refractivity contribution in [2.45, 2.75) is 6.42 Å². The van der Waals surface area contributed by atoms with Crippen LogP contribution in [0.1, 0.15) is 11.5 Å². The summed E-state index contributed by atoms with van der Waals surface area (Å²) < 4.78 is 19.0. The Morgan fingerprint density at radius 2 is 1.70 bits per heavy atom. The number of aromatic nitrogens is 2. The van der Waals surface area contributed by atoms with Crippen LogP contribution < -0.4 is 0 Å². The maximum absolute atomic E-state index is 13.3. The molecule has 0 saturated carbocycles. The molecule has 4 aromatic rings. The van der Waals surface area contributed by atoms with E-state index in [9.17, 15) is 4.39 Å². The van der Waals surface area contributed by atoms with Gasteiger partial charge in [0.05, 0.1) is 6.42 Å². The van der Waals surface area contributed by atoms with Crippen LogP contribution in [0, 0.1) is 5.82 Å². The lowest BCUT2D eigenvalue weighted by Crippen LogP contribution is -1.90. The van der Waals surface area contributed by atoms with Crippen LogP contribution in [0.25, 0.3) is 22.2 Å². The van der Waals surface area contributed by atoms with Crippen molar-refractivity contribution in [3.63, 3.8) is 0 Å². The van der Waals surface area contributed by atoms with E-state index < -0.39 is 0 Å². The first-order valence-corrected chi connectivity index (χ1v) is 7.34. The number of fused-ring (bicyclic) bond motifs is 1. The molecule has 0 saturated heterocycles. The Kier molecular flexibility index (Phi) is 3.35. The van der Waals surface area contributed by atoms with Crippen LogP contribution in [0.3, 0.4) is 0 Å². The second kappa shape index (κ2) is 5.65. The molecule has 4 heteroatoms. The van der Waals surface area contributed by atoms with Crippen LogP contribution in [0.5, 0.6) is 0 Å². The predicted octanol–water partition coefficient (Wildman–Crippen LogP) is 4.62. The van der Waals surface area contributed by atoms with Crippen LogP contribution in [0.4, 0.5) is 4.39 Å². The highest BCUT2D eigenvalue weighted by atomic mass is 19.1. The maximum Gasteiger partial charge on any atom is 0.247 e. The minimum absolute atomic E-state index is 0.323. The molecule has 0 unspecified atom stereocenters. The molecule has 0 aliphatic carbocycles. The van der Waals surface area contributed by atoms with Crippen LogP contribution in [0.2, 0.25) is 0 Å². The fourth-order valence-electron chi connectivity index (χ4n) is 2.67. The normalized spacial score (nSPS) is 11.0. The molecule has 0 aliphatic heterocycles. The zero-order valence-corrected chi connectivity index (χ0v) is 12.2. The van der Waals surface area contributed by atoms with Gasteiger partial charge < -0.3 is 4.42 Å². The molecule has 0 amide bonds. The van der Waals surface area contributed by atoms with Gasteiger partial charge in [-0.15, -0.1) is 10.2 Å². The zero-order chi connectivity index (χ0) is 15.6. The van der Waals surface area contributed by atoms with E-state index in [-0.39, 0.29) is 5.82 Å². The lowest BCUT2D eigenvalue weighted by atomic mass is 10.0. The van der Waals surface area contributed by atoms with Gasteiger partial charge >= 0.3 is 0 Å². The van der Waals surface area contributed by atoms with E-state index in [4.69, 9.17) is 4.42 Å². The zero-order valence-electron chi connectivity index (χ0n) is 12.2. The van der Waals surface area contributed by atoms with Gasteiger partial charge in [-0.1, -0.05) is 48.5 Å². The molecule has 4 rings (SSSR count). The third-order valence-electron chi connectivity index (χ3n) is 3.76. The molecule has 0 N–H and O–H groups in total. The average molecular weight is 304 g/mol. The van der Waals surface area contributed by atoms with Crippen molar-refractivity contribution in [3.8, 4) is 11.5 Å². The summed E-state index contributed by atoms with van der Waals surface area (Å²) in [5.74, 6) is 0.525. The van der Waals surface area contributed by atoms with Gasteiger partial charge in [0.2, 0.25) is 11.8 Å². The molecular weight excluding hydrogens is 291 g/mol. The molecular formula is C19H13FN2O. The molecule has 0 fully saturated rings. The van der Waals surface area contributed by atoms with E-state index in [1.54, 1.807) is 12.1 Å². The highest BCUT2D eigenvalue weighted by molar-refractivity contribution is 5.85.